The van der Waals surface area contributed by atoms with Crippen molar-refractivity contribution in [1.82, 2.24) is 0 Å². The summed E-state index contributed by atoms with van der Waals surface area (Å²) in [7, 11) is 0. The average Bonchev–Trinajstić information content (AvgIpc) is 2.45. The SMILES string of the molecule is CCCCN(C(=O)C(CN)CC(C)C)c1ccccc1. The van der Waals surface area contributed by atoms with E-state index in [1.807, 2.05) is 35.2 Å². The van der Waals surface area contributed by atoms with Crippen molar-refractivity contribution >= 4 is 11.6 Å². The Bertz CT molecular complexity index is 389. The predicted octanol–water partition coefficient (Wildman–Crippen LogP) is 3.44. The third kappa shape index (κ3) is 4.97. The van der Waals surface area contributed by atoms with Crippen LogP contribution in [0.4, 0.5) is 5.69 Å². The van der Waals surface area contributed by atoms with Crippen molar-refractivity contribution in [3.05, 3.63) is 30.3 Å². The van der Waals surface area contributed by atoms with Crippen LogP contribution < -0.4 is 10.6 Å². The highest BCUT2D eigenvalue weighted by atomic mass is 16.2. The normalized spacial score (nSPS) is 12.4. The monoisotopic (exact) mass is 276 g/mol. The van der Waals surface area contributed by atoms with Crippen molar-refractivity contribution < 1.29 is 4.79 Å². The molecule has 1 aromatic carbocycles. The van der Waals surface area contributed by atoms with E-state index in [0.29, 0.717) is 12.5 Å². The highest BCUT2D eigenvalue weighted by molar-refractivity contribution is 5.95. The van der Waals surface area contributed by atoms with Gasteiger partial charge in [0.2, 0.25) is 5.91 Å². The van der Waals surface area contributed by atoms with E-state index < -0.39 is 0 Å². The van der Waals surface area contributed by atoms with Gasteiger partial charge in [-0.2, -0.15) is 0 Å². The number of anilines is 1. The van der Waals surface area contributed by atoms with Crippen LogP contribution in [-0.2, 0) is 4.79 Å². The van der Waals surface area contributed by atoms with Gasteiger partial charge in [0.05, 0.1) is 5.92 Å². The van der Waals surface area contributed by atoms with Gasteiger partial charge in [-0.05, 0) is 30.9 Å². The first-order chi connectivity index (χ1) is 9.60. The Labute approximate surface area is 123 Å². The lowest BCUT2D eigenvalue weighted by Gasteiger charge is -2.27. The van der Waals surface area contributed by atoms with Gasteiger partial charge in [-0.3, -0.25) is 4.79 Å². The molecule has 0 fully saturated rings. The molecule has 0 spiro atoms. The summed E-state index contributed by atoms with van der Waals surface area (Å²) in [6, 6.07) is 9.91. The van der Waals surface area contributed by atoms with Gasteiger partial charge < -0.3 is 10.6 Å². The number of amides is 1. The molecule has 0 heterocycles. The third-order valence-electron chi connectivity index (χ3n) is 3.46. The zero-order valence-electron chi connectivity index (χ0n) is 13.0. The van der Waals surface area contributed by atoms with E-state index in [2.05, 4.69) is 20.8 Å². The second kappa shape index (κ2) is 8.75. The summed E-state index contributed by atoms with van der Waals surface area (Å²) in [6.07, 6.45) is 2.94. The minimum absolute atomic E-state index is 0.0768. The molecule has 2 N–H and O–H groups in total. The molecule has 0 bridgehead atoms. The van der Waals surface area contributed by atoms with Crippen molar-refractivity contribution in [2.24, 2.45) is 17.6 Å². The van der Waals surface area contributed by atoms with Gasteiger partial charge >= 0.3 is 0 Å². The van der Waals surface area contributed by atoms with Crippen molar-refractivity contribution in [2.45, 2.75) is 40.0 Å². The molecule has 1 amide bonds. The molecule has 0 aromatic heterocycles. The molecular weight excluding hydrogens is 248 g/mol. The Balaban J connectivity index is 2.89. The Kier molecular flexibility index (Phi) is 7.31. The summed E-state index contributed by atoms with van der Waals surface area (Å²) < 4.78 is 0. The molecule has 1 unspecified atom stereocenters. The molecule has 1 rings (SSSR count). The van der Waals surface area contributed by atoms with Crippen molar-refractivity contribution in [1.29, 1.82) is 0 Å². The van der Waals surface area contributed by atoms with Gasteiger partial charge in [0.15, 0.2) is 0 Å². The largest absolute Gasteiger partial charge is 0.330 e. The van der Waals surface area contributed by atoms with E-state index in [0.717, 1.165) is 31.5 Å². The summed E-state index contributed by atoms with van der Waals surface area (Å²) >= 11 is 0. The summed E-state index contributed by atoms with van der Waals surface area (Å²) in [4.78, 5) is 14.7. The lowest BCUT2D eigenvalue weighted by Crippen LogP contribution is -2.40. The number of carbonyl (C=O) groups is 1. The van der Waals surface area contributed by atoms with Crippen LogP contribution in [0, 0.1) is 11.8 Å². The second-order valence-corrected chi connectivity index (χ2v) is 5.74. The van der Waals surface area contributed by atoms with Crippen LogP contribution in [0.25, 0.3) is 0 Å². The van der Waals surface area contributed by atoms with Crippen LogP contribution in [0.1, 0.15) is 40.0 Å². The molecule has 0 aliphatic carbocycles. The molecule has 0 radical (unpaired) electrons. The highest BCUT2D eigenvalue weighted by Crippen LogP contribution is 2.20. The topological polar surface area (TPSA) is 46.3 Å². The first kappa shape index (κ1) is 16.7. The van der Waals surface area contributed by atoms with E-state index in [1.165, 1.54) is 0 Å². The number of para-hydroxylation sites is 1. The van der Waals surface area contributed by atoms with Gasteiger partial charge in [0.25, 0.3) is 0 Å². The third-order valence-corrected chi connectivity index (χ3v) is 3.46. The minimum atomic E-state index is -0.0768. The average molecular weight is 276 g/mol. The molecule has 1 aromatic rings. The molecule has 0 aliphatic rings. The summed E-state index contributed by atoms with van der Waals surface area (Å²) in [6.45, 7) is 7.60. The lowest BCUT2D eigenvalue weighted by molar-refractivity contribution is -0.122. The molecule has 0 aliphatic heterocycles. The molecular formula is C17H28N2O. The summed E-state index contributed by atoms with van der Waals surface area (Å²) in [5, 5.41) is 0. The van der Waals surface area contributed by atoms with Crippen LogP contribution in [0.3, 0.4) is 0 Å². The van der Waals surface area contributed by atoms with E-state index in [-0.39, 0.29) is 11.8 Å². The van der Waals surface area contributed by atoms with Gasteiger partial charge in [0.1, 0.15) is 0 Å². The quantitative estimate of drug-likeness (QED) is 0.790. The van der Waals surface area contributed by atoms with Crippen LogP contribution >= 0.6 is 0 Å². The van der Waals surface area contributed by atoms with Crippen LogP contribution in [0.15, 0.2) is 30.3 Å². The first-order valence-corrected chi connectivity index (χ1v) is 7.66. The zero-order valence-corrected chi connectivity index (χ0v) is 13.0. The van der Waals surface area contributed by atoms with E-state index >= 15 is 0 Å². The molecule has 0 saturated heterocycles. The number of rotatable bonds is 8. The second-order valence-electron chi connectivity index (χ2n) is 5.74. The van der Waals surface area contributed by atoms with Crippen molar-refractivity contribution in [2.75, 3.05) is 18.0 Å². The number of hydrogen-bond acceptors (Lipinski definition) is 2. The molecule has 0 saturated carbocycles. The van der Waals surface area contributed by atoms with Gasteiger partial charge in [0, 0.05) is 18.8 Å². The Morgan fingerprint density at radius 1 is 1.25 bits per heavy atom. The number of benzene rings is 1. The number of nitrogens with zero attached hydrogens (tertiary/aromatic N) is 1. The van der Waals surface area contributed by atoms with Gasteiger partial charge in [-0.1, -0.05) is 45.4 Å². The summed E-state index contributed by atoms with van der Waals surface area (Å²) in [5.74, 6) is 0.573. The zero-order chi connectivity index (χ0) is 15.0. The fourth-order valence-electron chi connectivity index (χ4n) is 2.38. The predicted molar refractivity (Wildman–Crippen MR) is 85.7 cm³/mol. The smallest absolute Gasteiger partial charge is 0.231 e. The number of carbonyl (C=O) groups excluding carboxylic acids is 1. The van der Waals surface area contributed by atoms with Crippen LogP contribution in [0.2, 0.25) is 0 Å². The van der Waals surface area contributed by atoms with Crippen LogP contribution in [0.5, 0.6) is 0 Å². The molecule has 20 heavy (non-hydrogen) atoms. The van der Waals surface area contributed by atoms with Crippen LogP contribution in [-0.4, -0.2) is 19.0 Å². The number of nitrogens with two attached hydrogens (primary N) is 1. The summed E-state index contributed by atoms with van der Waals surface area (Å²) in [5.41, 5.74) is 6.80. The maximum Gasteiger partial charge on any atom is 0.231 e. The Morgan fingerprint density at radius 3 is 2.40 bits per heavy atom. The molecule has 3 heteroatoms. The highest BCUT2D eigenvalue weighted by Gasteiger charge is 2.24. The number of hydrogen-bond donors (Lipinski definition) is 1. The van der Waals surface area contributed by atoms with Gasteiger partial charge in [-0.15, -0.1) is 0 Å². The fraction of sp³-hybridized carbons (Fsp3) is 0.588. The number of unbranched alkanes of at least 4 members (excludes halogenated alkanes) is 1. The maximum absolute atomic E-state index is 12.8. The van der Waals surface area contributed by atoms with Crippen molar-refractivity contribution in [3.8, 4) is 0 Å². The Hall–Kier alpha value is -1.35. The molecule has 3 nitrogen and oxygen atoms in total. The molecule has 112 valence electrons. The van der Waals surface area contributed by atoms with Gasteiger partial charge in [-0.25, -0.2) is 0 Å². The molecule has 1 atom stereocenters. The van der Waals surface area contributed by atoms with E-state index in [1.54, 1.807) is 0 Å². The standard InChI is InChI=1S/C17H28N2O/c1-4-5-11-19(16-9-7-6-8-10-16)17(20)15(13-18)12-14(2)3/h6-10,14-15H,4-5,11-13,18H2,1-3H3. The first-order valence-electron chi connectivity index (χ1n) is 7.66. The van der Waals surface area contributed by atoms with E-state index in [9.17, 15) is 4.79 Å². The van der Waals surface area contributed by atoms with Crippen molar-refractivity contribution in [3.63, 3.8) is 0 Å². The maximum atomic E-state index is 12.8. The Morgan fingerprint density at radius 2 is 1.90 bits per heavy atom. The lowest BCUT2D eigenvalue weighted by atomic mass is 9.95. The van der Waals surface area contributed by atoms with E-state index in [4.69, 9.17) is 5.73 Å². The minimum Gasteiger partial charge on any atom is -0.330 e. The fourth-order valence-corrected chi connectivity index (χ4v) is 2.38.